The number of aliphatic carboxylic acids is 1. The van der Waals surface area contributed by atoms with Crippen molar-refractivity contribution in [3.63, 3.8) is 0 Å². The summed E-state index contributed by atoms with van der Waals surface area (Å²) in [4.78, 5) is 12.0. The van der Waals surface area contributed by atoms with Gasteiger partial charge < -0.3 is 9.90 Å². The third-order valence-electron chi connectivity index (χ3n) is 3.11. The average Bonchev–Trinajstić information content (AvgIpc) is 2.65. The van der Waals surface area contributed by atoms with Crippen LogP contribution < -0.4 is 5.11 Å². The molecule has 3 aromatic rings. The smallest absolute Gasteiger partial charge is 0.166 e. The number of halogens is 2. The van der Waals surface area contributed by atoms with Crippen LogP contribution in [0.2, 0.25) is 0 Å². The monoisotopic (exact) mass is 390 g/mol. The van der Waals surface area contributed by atoms with Gasteiger partial charge in [0.2, 0.25) is 0 Å². The van der Waals surface area contributed by atoms with Crippen LogP contribution in [0.25, 0.3) is 0 Å². The molecule has 0 aliphatic carbocycles. The van der Waals surface area contributed by atoms with Crippen LogP contribution in [-0.2, 0) is 15.7 Å². The average molecular weight is 391 g/mol. The molecule has 0 radical (unpaired) electrons. The lowest BCUT2D eigenvalue weighted by molar-refractivity contribution is -0.303. The number of carboxylic acids is 1. The second-order valence-corrected chi connectivity index (χ2v) is 7.99. The van der Waals surface area contributed by atoms with Crippen LogP contribution in [0, 0.1) is 0 Å². The SMILES string of the molecule is O=C([O-])C(Cl)Cl.c1ccc([S+](c2ccccc2)c2ccccc2)cc1. The Morgan fingerprint density at radius 1 is 0.680 bits per heavy atom. The van der Waals surface area contributed by atoms with Crippen molar-refractivity contribution >= 4 is 40.1 Å². The molecule has 0 fully saturated rings. The van der Waals surface area contributed by atoms with Gasteiger partial charge in [0, 0.05) is 0 Å². The van der Waals surface area contributed by atoms with E-state index in [9.17, 15) is 9.90 Å². The van der Waals surface area contributed by atoms with Crippen molar-refractivity contribution in [3.05, 3.63) is 91.0 Å². The maximum Gasteiger partial charge on any atom is 0.166 e. The summed E-state index contributed by atoms with van der Waals surface area (Å²) in [5, 5.41) is 9.32. The van der Waals surface area contributed by atoms with E-state index in [0.717, 1.165) is 0 Å². The molecule has 0 saturated carbocycles. The van der Waals surface area contributed by atoms with Crippen molar-refractivity contribution in [2.45, 2.75) is 19.5 Å². The van der Waals surface area contributed by atoms with Crippen LogP contribution in [0.5, 0.6) is 0 Å². The lowest BCUT2D eigenvalue weighted by Crippen LogP contribution is -2.28. The van der Waals surface area contributed by atoms with Gasteiger partial charge in [-0.25, -0.2) is 0 Å². The molecule has 0 bridgehead atoms. The number of rotatable bonds is 4. The highest BCUT2D eigenvalue weighted by molar-refractivity contribution is 7.97. The van der Waals surface area contributed by atoms with Gasteiger partial charge >= 0.3 is 0 Å². The highest BCUT2D eigenvalue weighted by Gasteiger charge is 2.27. The molecule has 0 heterocycles. The van der Waals surface area contributed by atoms with Crippen molar-refractivity contribution in [1.29, 1.82) is 0 Å². The second kappa shape index (κ2) is 10.1. The summed E-state index contributed by atoms with van der Waals surface area (Å²) in [6, 6.07) is 32.2. The van der Waals surface area contributed by atoms with Crippen molar-refractivity contribution in [2.75, 3.05) is 0 Å². The summed E-state index contributed by atoms with van der Waals surface area (Å²) in [6.45, 7) is 0. The Hall–Kier alpha value is -1.94. The Morgan fingerprint density at radius 3 is 1.12 bits per heavy atom. The quantitative estimate of drug-likeness (QED) is 0.491. The van der Waals surface area contributed by atoms with E-state index in [-0.39, 0.29) is 10.9 Å². The predicted molar refractivity (Wildman–Crippen MR) is 102 cm³/mol. The third kappa shape index (κ3) is 6.13. The molecule has 0 unspecified atom stereocenters. The molecule has 3 aromatic carbocycles. The van der Waals surface area contributed by atoms with E-state index in [1.165, 1.54) is 14.7 Å². The first-order valence-electron chi connectivity index (χ1n) is 7.48. The summed E-state index contributed by atoms with van der Waals surface area (Å²) in [5.41, 5.74) is 0. The van der Waals surface area contributed by atoms with Gasteiger partial charge in [-0.3, -0.25) is 0 Å². The Bertz CT molecular complexity index is 672. The van der Waals surface area contributed by atoms with Gasteiger partial charge in [0.05, 0.1) is 16.9 Å². The normalized spacial score (nSPS) is 10.2. The summed E-state index contributed by atoms with van der Waals surface area (Å²) in [5.74, 6) is -1.46. The van der Waals surface area contributed by atoms with Gasteiger partial charge in [-0.2, -0.15) is 0 Å². The molecule has 5 heteroatoms. The molecule has 0 spiro atoms. The lowest BCUT2D eigenvalue weighted by atomic mass is 10.4. The molecule has 25 heavy (non-hydrogen) atoms. The van der Waals surface area contributed by atoms with Crippen LogP contribution >= 0.6 is 23.2 Å². The van der Waals surface area contributed by atoms with Gasteiger partial charge in [-0.15, -0.1) is 0 Å². The largest absolute Gasteiger partial charge is 0.547 e. The van der Waals surface area contributed by atoms with Gasteiger partial charge in [0.1, 0.15) is 4.84 Å². The van der Waals surface area contributed by atoms with Crippen molar-refractivity contribution in [2.24, 2.45) is 0 Å². The van der Waals surface area contributed by atoms with E-state index < -0.39 is 10.8 Å². The van der Waals surface area contributed by atoms with E-state index >= 15 is 0 Å². The summed E-state index contributed by atoms with van der Waals surface area (Å²) in [7, 11) is -0.0146. The third-order valence-corrected chi connectivity index (χ3v) is 5.70. The number of carbonyl (C=O) groups excluding carboxylic acids is 1. The topological polar surface area (TPSA) is 40.1 Å². The zero-order valence-corrected chi connectivity index (χ0v) is 15.5. The van der Waals surface area contributed by atoms with Crippen LogP contribution in [0.3, 0.4) is 0 Å². The van der Waals surface area contributed by atoms with E-state index in [1.54, 1.807) is 0 Å². The number of hydrogen-bond acceptors (Lipinski definition) is 2. The molecular weight excluding hydrogens is 375 g/mol. The molecule has 0 atom stereocenters. The van der Waals surface area contributed by atoms with Crippen LogP contribution in [0.15, 0.2) is 106 Å². The number of hydrogen-bond donors (Lipinski definition) is 0. The van der Waals surface area contributed by atoms with Crippen molar-refractivity contribution in [1.82, 2.24) is 0 Å². The number of benzene rings is 3. The number of alkyl halides is 2. The molecule has 0 aliphatic heterocycles. The minimum absolute atomic E-state index is 0.0146. The molecule has 0 aromatic heterocycles. The Balaban J connectivity index is 0.000000326. The van der Waals surface area contributed by atoms with Gasteiger partial charge in [-0.1, -0.05) is 77.8 Å². The minimum Gasteiger partial charge on any atom is -0.547 e. The van der Waals surface area contributed by atoms with E-state index in [1.807, 2.05) is 0 Å². The Morgan fingerprint density at radius 2 is 0.920 bits per heavy atom. The van der Waals surface area contributed by atoms with E-state index in [0.29, 0.717) is 0 Å². The fraction of sp³-hybridized carbons (Fsp3) is 0.0500. The van der Waals surface area contributed by atoms with Crippen molar-refractivity contribution in [3.8, 4) is 0 Å². The standard InChI is InChI=1S/C18H15S.C2H2Cl2O2/c1-4-10-16(11-5-1)19(17-12-6-2-7-13-17)18-14-8-3-9-15-18;3-1(4)2(5)6/h1-15H;1H,(H,5,6)/q+1;/p-1. The molecule has 0 N–H and O–H groups in total. The fourth-order valence-corrected chi connectivity index (χ4v) is 4.18. The van der Waals surface area contributed by atoms with E-state index in [4.69, 9.17) is 23.2 Å². The molecular formula is C20H16Cl2O2S. The molecule has 0 amide bonds. The second-order valence-electron chi connectivity index (χ2n) is 4.87. The molecule has 0 saturated heterocycles. The maximum atomic E-state index is 9.32. The fourth-order valence-electron chi connectivity index (χ4n) is 2.08. The summed E-state index contributed by atoms with van der Waals surface area (Å²) < 4.78 is 0. The number of carbonyl (C=O) groups is 1. The van der Waals surface area contributed by atoms with Crippen LogP contribution in [0.1, 0.15) is 0 Å². The summed E-state index contributed by atoms with van der Waals surface area (Å²) >= 11 is 9.43. The van der Waals surface area contributed by atoms with Crippen molar-refractivity contribution < 1.29 is 9.90 Å². The first-order valence-corrected chi connectivity index (χ1v) is 9.58. The first kappa shape index (κ1) is 19.4. The highest BCUT2D eigenvalue weighted by atomic mass is 35.5. The van der Waals surface area contributed by atoms with Crippen LogP contribution in [0.4, 0.5) is 0 Å². The molecule has 0 aliphatic rings. The minimum atomic E-state index is -1.46. The molecule has 3 rings (SSSR count). The van der Waals surface area contributed by atoms with Gasteiger partial charge in [0.25, 0.3) is 0 Å². The Labute approximate surface area is 160 Å². The Kier molecular flexibility index (Phi) is 7.86. The zero-order chi connectivity index (χ0) is 18.1. The molecule has 2 nitrogen and oxygen atoms in total. The highest BCUT2D eigenvalue weighted by Crippen LogP contribution is 2.30. The number of carboxylic acid groups (broad SMARTS) is 1. The van der Waals surface area contributed by atoms with Crippen LogP contribution in [-0.4, -0.2) is 10.8 Å². The summed E-state index contributed by atoms with van der Waals surface area (Å²) in [6.07, 6.45) is 0. The van der Waals surface area contributed by atoms with Gasteiger partial charge in [-0.05, 0) is 36.4 Å². The predicted octanol–water partition coefficient (Wildman–Crippen LogP) is 4.32. The maximum absolute atomic E-state index is 9.32. The molecule has 128 valence electrons. The zero-order valence-electron chi connectivity index (χ0n) is 13.2. The first-order chi connectivity index (χ1) is 12.1. The van der Waals surface area contributed by atoms with E-state index in [2.05, 4.69) is 91.0 Å². The van der Waals surface area contributed by atoms with Gasteiger partial charge in [0.15, 0.2) is 14.7 Å². The lowest BCUT2D eigenvalue weighted by Gasteiger charge is -2.07.